The topological polar surface area (TPSA) is 100 Å². The SMILES string of the molecule is Cc1cc(C)cc(NC(=O)C(Sc2ccc(NC(=O)/C(=C/c3ccco3)NC(=O)c3ccccc3)cc2)c2ccccc2)c1. The summed E-state index contributed by atoms with van der Waals surface area (Å²) in [5.41, 5.74) is 4.74. The molecular weight excluding hydrogens is 570 g/mol. The van der Waals surface area contributed by atoms with Gasteiger partial charge in [0.05, 0.1) is 6.26 Å². The molecule has 0 spiro atoms. The minimum Gasteiger partial charge on any atom is -0.465 e. The van der Waals surface area contributed by atoms with Gasteiger partial charge in [-0.15, -0.1) is 11.8 Å². The van der Waals surface area contributed by atoms with Crippen molar-refractivity contribution in [3.63, 3.8) is 0 Å². The van der Waals surface area contributed by atoms with E-state index in [0.29, 0.717) is 17.0 Å². The van der Waals surface area contributed by atoms with Gasteiger partial charge < -0.3 is 20.4 Å². The summed E-state index contributed by atoms with van der Waals surface area (Å²) in [6.45, 7) is 4.00. The van der Waals surface area contributed by atoms with E-state index in [4.69, 9.17) is 4.42 Å². The number of carbonyl (C=O) groups excluding carboxylic acids is 3. The van der Waals surface area contributed by atoms with Gasteiger partial charge in [-0.1, -0.05) is 54.6 Å². The van der Waals surface area contributed by atoms with E-state index < -0.39 is 17.1 Å². The van der Waals surface area contributed by atoms with Gasteiger partial charge >= 0.3 is 0 Å². The Balaban J connectivity index is 1.31. The molecule has 0 radical (unpaired) electrons. The molecule has 44 heavy (non-hydrogen) atoms. The number of amides is 3. The molecular formula is C36H31N3O4S. The lowest BCUT2D eigenvalue weighted by atomic mass is 10.1. The molecule has 8 heteroatoms. The van der Waals surface area contributed by atoms with Crippen molar-refractivity contribution in [2.75, 3.05) is 10.6 Å². The van der Waals surface area contributed by atoms with Crippen molar-refractivity contribution in [2.45, 2.75) is 24.0 Å². The van der Waals surface area contributed by atoms with Crippen LogP contribution in [0.2, 0.25) is 0 Å². The van der Waals surface area contributed by atoms with E-state index in [-0.39, 0.29) is 11.6 Å². The molecule has 1 aromatic heterocycles. The highest BCUT2D eigenvalue weighted by Gasteiger charge is 2.23. The highest BCUT2D eigenvalue weighted by Crippen LogP contribution is 2.37. The number of thioether (sulfide) groups is 1. The van der Waals surface area contributed by atoms with E-state index in [0.717, 1.165) is 27.3 Å². The van der Waals surface area contributed by atoms with Crippen LogP contribution in [-0.2, 0) is 9.59 Å². The molecule has 3 amide bonds. The maximum atomic E-state index is 13.5. The summed E-state index contributed by atoms with van der Waals surface area (Å²) in [5.74, 6) is -0.649. The van der Waals surface area contributed by atoms with Crippen LogP contribution in [0, 0.1) is 13.8 Å². The number of hydrogen-bond donors (Lipinski definition) is 3. The first kappa shape index (κ1) is 30.1. The van der Waals surface area contributed by atoms with Crippen LogP contribution in [0.15, 0.2) is 137 Å². The van der Waals surface area contributed by atoms with Gasteiger partial charge in [-0.2, -0.15) is 0 Å². The fourth-order valence-electron chi connectivity index (χ4n) is 4.56. The standard InChI is InChI=1S/C36H31N3O4S/c1-24-20-25(2)22-29(21-24)38-36(42)33(26-10-5-3-6-11-26)44-31-17-15-28(16-18-31)37-35(41)32(23-30-14-9-19-43-30)39-34(40)27-12-7-4-8-13-27/h3-23,33H,1-2H3,(H,37,41)(H,38,42)(H,39,40)/b32-23-. The van der Waals surface area contributed by atoms with Crippen molar-refractivity contribution >= 4 is 46.9 Å². The van der Waals surface area contributed by atoms with Crippen LogP contribution < -0.4 is 16.0 Å². The normalized spacial score (nSPS) is 11.8. The first-order valence-electron chi connectivity index (χ1n) is 14.0. The van der Waals surface area contributed by atoms with Crippen molar-refractivity contribution < 1.29 is 18.8 Å². The molecule has 7 nitrogen and oxygen atoms in total. The average Bonchev–Trinajstić information content (AvgIpc) is 3.54. The number of benzene rings is 4. The smallest absolute Gasteiger partial charge is 0.272 e. The van der Waals surface area contributed by atoms with Crippen molar-refractivity contribution in [1.82, 2.24) is 5.32 Å². The Morgan fingerprint density at radius 2 is 1.39 bits per heavy atom. The maximum absolute atomic E-state index is 13.5. The first-order chi connectivity index (χ1) is 21.3. The van der Waals surface area contributed by atoms with Gasteiger partial charge in [-0.3, -0.25) is 14.4 Å². The summed E-state index contributed by atoms with van der Waals surface area (Å²) in [5, 5.41) is 8.09. The predicted molar refractivity (Wildman–Crippen MR) is 175 cm³/mol. The Bertz CT molecular complexity index is 1750. The lowest BCUT2D eigenvalue weighted by Gasteiger charge is -2.18. The number of rotatable bonds is 10. The summed E-state index contributed by atoms with van der Waals surface area (Å²) in [7, 11) is 0. The Morgan fingerprint density at radius 1 is 0.727 bits per heavy atom. The predicted octanol–water partition coefficient (Wildman–Crippen LogP) is 7.78. The largest absolute Gasteiger partial charge is 0.465 e. The van der Waals surface area contributed by atoms with Gasteiger partial charge in [0.1, 0.15) is 16.7 Å². The molecule has 5 aromatic rings. The van der Waals surface area contributed by atoms with Gasteiger partial charge in [0.15, 0.2) is 0 Å². The maximum Gasteiger partial charge on any atom is 0.272 e. The molecule has 1 heterocycles. The van der Waals surface area contributed by atoms with Gasteiger partial charge in [0.2, 0.25) is 5.91 Å². The summed E-state index contributed by atoms with van der Waals surface area (Å²) in [4.78, 5) is 40.4. The molecule has 4 aromatic carbocycles. The van der Waals surface area contributed by atoms with Gasteiger partial charge in [-0.05, 0) is 91.2 Å². The third-order valence-corrected chi connectivity index (χ3v) is 7.82. The Hall–Kier alpha value is -5.34. The number of anilines is 2. The van der Waals surface area contributed by atoms with Crippen LogP contribution in [-0.4, -0.2) is 17.7 Å². The first-order valence-corrected chi connectivity index (χ1v) is 14.9. The van der Waals surface area contributed by atoms with E-state index in [2.05, 4.69) is 22.0 Å². The number of furan rings is 1. The molecule has 0 saturated carbocycles. The van der Waals surface area contributed by atoms with Crippen LogP contribution in [0.4, 0.5) is 11.4 Å². The van der Waals surface area contributed by atoms with Crippen LogP contribution in [0.3, 0.4) is 0 Å². The second kappa shape index (κ2) is 14.2. The summed E-state index contributed by atoms with van der Waals surface area (Å²) in [6.07, 6.45) is 2.96. The highest BCUT2D eigenvalue weighted by atomic mass is 32.2. The van der Waals surface area contributed by atoms with Crippen molar-refractivity contribution in [2.24, 2.45) is 0 Å². The fourth-order valence-corrected chi connectivity index (χ4v) is 5.59. The van der Waals surface area contributed by atoms with Crippen LogP contribution in [0.1, 0.15) is 38.1 Å². The summed E-state index contributed by atoms with van der Waals surface area (Å²) < 4.78 is 5.37. The van der Waals surface area contributed by atoms with E-state index >= 15 is 0 Å². The second-order valence-corrected chi connectivity index (χ2v) is 11.3. The third kappa shape index (κ3) is 8.14. The van der Waals surface area contributed by atoms with Crippen molar-refractivity contribution in [1.29, 1.82) is 0 Å². The average molecular weight is 602 g/mol. The van der Waals surface area contributed by atoms with E-state index in [1.54, 1.807) is 48.5 Å². The molecule has 0 saturated heterocycles. The molecule has 1 unspecified atom stereocenters. The summed E-state index contributed by atoms with van der Waals surface area (Å²) in [6, 6.07) is 34.8. The third-order valence-electron chi connectivity index (χ3n) is 6.55. The quantitative estimate of drug-likeness (QED) is 0.112. The number of carbonyl (C=O) groups is 3. The lowest BCUT2D eigenvalue weighted by Crippen LogP contribution is -2.30. The minimum atomic E-state index is -0.513. The molecule has 0 aliphatic carbocycles. The monoisotopic (exact) mass is 601 g/mol. The van der Waals surface area contributed by atoms with Crippen molar-refractivity contribution in [3.8, 4) is 0 Å². The molecule has 0 bridgehead atoms. The Kier molecular flexibility index (Phi) is 9.74. The van der Waals surface area contributed by atoms with E-state index in [1.807, 2.05) is 74.5 Å². The zero-order valence-corrected chi connectivity index (χ0v) is 25.1. The number of hydrogen-bond acceptors (Lipinski definition) is 5. The van der Waals surface area contributed by atoms with Gasteiger partial charge in [0.25, 0.3) is 11.8 Å². The van der Waals surface area contributed by atoms with Crippen LogP contribution in [0.25, 0.3) is 6.08 Å². The highest BCUT2D eigenvalue weighted by molar-refractivity contribution is 8.00. The molecule has 3 N–H and O–H groups in total. The molecule has 0 fully saturated rings. The Labute approximate surface area is 260 Å². The van der Waals surface area contributed by atoms with E-state index in [1.165, 1.54) is 24.1 Å². The zero-order valence-electron chi connectivity index (χ0n) is 24.2. The van der Waals surface area contributed by atoms with E-state index in [9.17, 15) is 14.4 Å². The number of aryl methyl sites for hydroxylation is 2. The molecule has 5 rings (SSSR count). The Morgan fingerprint density at radius 3 is 2.02 bits per heavy atom. The van der Waals surface area contributed by atoms with Gasteiger partial charge in [-0.25, -0.2) is 0 Å². The fraction of sp³-hybridized carbons (Fsp3) is 0.0833. The molecule has 0 aliphatic rings. The summed E-state index contributed by atoms with van der Waals surface area (Å²) >= 11 is 1.41. The minimum absolute atomic E-state index is 0.0273. The molecule has 220 valence electrons. The zero-order chi connectivity index (χ0) is 30.9. The van der Waals surface area contributed by atoms with Gasteiger partial charge in [0, 0.05) is 27.9 Å². The number of nitrogens with one attached hydrogen (secondary N) is 3. The lowest BCUT2D eigenvalue weighted by molar-refractivity contribution is -0.116. The molecule has 0 aliphatic heterocycles. The van der Waals surface area contributed by atoms with Crippen LogP contribution in [0.5, 0.6) is 0 Å². The van der Waals surface area contributed by atoms with Crippen molar-refractivity contribution in [3.05, 3.63) is 155 Å². The van der Waals surface area contributed by atoms with Crippen LogP contribution >= 0.6 is 11.8 Å². The second-order valence-electron chi connectivity index (χ2n) is 10.1. The molecule has 1 atom stereocenters.